The third-order valence-corrected chi connectivity index (χ3v) is 4.35. The number of ether oxygens (including phenoxy) is 1. The van der Waals surface area contributed by atoms with Gasteiger partial charge in [-0.15, -0.1) is 0 Å². The smallest absolute Gasteiger partial charge is 0.326 e. The minimum Gasteiger partial charge on any atom is -0.480 e. The van der Waals surface area contributed by atoms with Crippen LogP contribution in [-0.4, -0.2) is 47.2 Å². The molecule has 0 fully saturated rings. The molecule has 150 valence electrons. The van der Waals surface area contributed by atoms with Crippen LogP contribution in [0.3, 0.4) is 0 Å². The molecule has 2 amide bonds. The van der Waals surface area contributed by atoms with Gasteiger partial charge in [0.15, 0.2) is 0 Å². The standard InChI is InChI=1S/C22H28N2O4/c1-17(2)24(13-14-28-16-19-11-7-4-8-12-19)22(27)23-20(21(25)26)15-18-9-5-3-6-10-18/h3-12,17,20H,13-16H2,1-2H3,(H,23,27)(H,25,26)/t20-/m0/s1. The summed E-state index contributed by atoms with van der Waals surface area (Å²) in [5.41, 5.74) is 1.93. The van der Waals surface area contributed by atoms with Crippen molar-refractivity contribution in [2.45, 2.75) is 39.0 Å². The number of carboxylic acid groups (broad SMARTS) is 1. The van der Waals surface area contributed by atoms with Gasteiger partial charge in [0.2, 0.25) is 0 Å². The highest BCUT2D eigenvalue weighted by Crippen LogP contribution is 2.06. The molecule has 2 rings (SSSR count). The predicted octanol–water partition coefficient (Wildman–Crippen LogP) is 3.32. The van der Waals surface area contributed by atoms with Crippen LogP contribution in [-0.2, 0) is 22.6 Å². The highest BCUT2D eigenvalue weighted by molar-refractivity contribution is 5.83. The summed E-state index contributed by atoms with van der Waals surface area (Å²) in [6.07, 6.45) is 0.234. The number of nitrogens with zero attached hydrogens (tertiary/aromatic N) is 1. The number of nitrogens with one attached hydrogen (secondary N) is 1. The van der Waals surface area contributed by atoms with Gasteiger partial charge in [0, 0.05) is 19.0 Å². The fraction of sp³-hybridized carbons (Fsp3) is 0.364. The second kappa shape index (κ2) is 11.1. The Morgan fingerprint density at radius 2 is 1.57 bits per heavy atom. The molecule has 0 spiro atoms. The summed E-state index contributed by atoms with van der Waals surface area (Å²) < 4.78 is 5.66. The van der Waals surface area contributed by atoms with Crippen molar-refractivity contribution >= 4 is 12.0 Å². The molecule has 0 heterocycles. The van der Waals surface area contributed by atoms with Gasteiger partial charge in [-0.05, 0) is 25.0 Å². The van der Waals surface area contributed by atoms with Gasteiger partial charge >= 0.3 is 12.0 Å². The topological polar surface area (TPSA) is 78.9 Å². The van der Waals surface area contributed by atoms with Crippen molar-refractivity contribution in [1.82, 2.24) is 10.2 Å². The summed E-state index contributed by atoms with van der Waals surface area (Å²) in [5, 5.41) is 12.1. The zero-order valence-electron chi connectivity index (χ0n) is 16.4. The van der Waals surface area contributed by atoms with E-state index < -0.39 is 18.0 Å². The van der Waals surface area contributed by atoms with Crippen molar-refractivity contribution in [3.8, 4) is 0 Å². The minimum atomic E-state index is -1.05. The van der Waals surface area contributed by atoms with Crippen LogP contribution in [0.5, 0.6) is 0 Å². The number of carboxylic acids is 1. The Morgan fingerprint density at radius 1 is 1.00 bits per heavy atom. The summed E-state index contributed by atoms with van der Waals surface area (Å²) in [4.78, 5) is 25.8. The summed E-state index contributed by atoms with van der Waals surface area (Å²) in [7, 11) is 0. The molecule has 0 aromatic heterocycles. The van der Waals surface area contributed by atoms with E-state index in [0.717, 1.165) is 11.1 Å². The van der Waals surface area contributed by atoms with E-state index in [1.54, 1.807) is 4.90 Å². The van der Waals surface area contributed by atoms with Gasteiger partial charge in [-0.1, -0.05) is 60.7 Å². The van der Waals surface area contributed by atoms with Crippen molar-refractivity contribution in [3.63, 3.8) is 0 Å². The SMILES string of the molecule is CC(C)N(CCOCc1ccccc1)C(=O)N[C@@H](Cc1ccccc1)C(=O)O. The first-order chi connectivity index (χ1) is 13.5. The average Bonchev–Trinajstić information content (AvgIpc) is 2.68. The third kappa shape index (κ3) is 7.04. The molecule has 2 aromatic carbocycles. The molecule has 2 aromatic rings. The Bertz CT molecular complexity index is 735. The fourth-order valence-corrected chi connectivity index (χ4v) is 2.80. The third-order valence-electron chi connectivity index (χ3n) is 4.35. The molecule has 2 N–H and O–H groups in total. The van der Waals surface area contributed by atoms with Crippen LogP contribution < -0.4 is 5.32 Å². The Morgan fingerprint density at radius 3 is 2.11 bits per heavy atom. The first-order valence-electron chi connectivity index (χ1n) is 9.43. The Balaban J connectivity index is 1.88. The lowest BCUT2D eigenvalue weighted by atomic mass is 10.1. The van der Waals surface area contributed by atoms with E-state index in [9.17, 15) is 14.7 Å². The molecule has 0 aliphatic rings. The van der Waals surface area contributed by atoms with E-state index in [0.29, 0.717) is 19.8 Å². The Labute approximate surface area is 166 Å². The first kappa shape index (κ1) is 21.4. The summed E-state index contributed by atoms with van der Waals surface area (Å²) in [6.45, 7) is 5.01. The zero-order chi connectivity index (χ0) is 20.4. The summed E-state index contributed by atoms with van der Waals surface area (Å²) in [5.74, 6) is -1.05. The molecule has 28 heavy (non-hydrogen) atoms. The van der Waals surface area contributed by atoms with Gasteiger partial charge in [0.1, 0.15) is 6.04 Å². The maximum Gasteiger partial charge on any atom is 0.326 e. The van der Waals surface area contributed by atoms with Crippen LogP contribution >= 0.6 is 0 Å². The number of urea groups is 1. The van der Waals surface area contributed by atoms with E-state index >= 15 is 0 Å². The van der Waals surface area contributed by atoms with Gasteiger partial charge in [-0.25, -0.2) is 9.59 Å². The predicted molar refractivity (Wildman–Crippen MR) is 108 cm³/mol. The lowest BCUT2D eigenvalue weighted by molar-refractivity contribution is -0.139. The molecule has 6 nitrogen and oxygen atoms in total. The summed E-state index contributed by atoms with van der Waals surface area (Å²) in [6, 6.07) is 17.6. The van der Waals surface area contributed by atoms with Gasteiger partial charge in [-0.2, -0.15) is 0 Å². The van der Waals surface area contributed by atoms with Crippen LogP contribution in [0, 0.1) is 0 Å². The van der Waals surface area contributed by atoms with E-state index in [2.05, 4.69) is 5.32 Å². The number of amides is 2. The van der Waals surface area contributed by atoms with Gasteiger partial charge in [-0.3, -0.25) is 0 Å². The normalized spacial score (nSPS) is 11.8. The van der Waals surface area contributed by atoms with Crippen LogP contribution in [0.4, 0.5) is 4.79 Å². The largest absolute Gasteiger partial charge is 0.480 e. The average molecular weight is 384 g/mol. The minimum absolute atomic E-state index is 0.0773. The highest BCUT2D eigenvalue weighted by Gasteiger charge is 2.24. The van der Waals surface area contributed by atoms with E-state index in [4.69, 9.17) is 4.74 Å². The number of rotatable bonds is 10. The number of carbonyl (C=O) groups excluding carboxylic acids is 1. The molecule has 0 saturated heterocycles. The molecule has 0 aliphatic heterocycles. The molecule has 1 atom stereocenters. The van der Waals surface area contributed by atoms with Crippen molar-refractivity contribution in [1.29, 1.82) is 0 Å². The van der Waals surface area contributed by atoms with Gasteiger partial charge in [0.05, 0.1) is 13.2 Å². The Kier molecular flexibility index (Phi) is 8.49. The van der Waals surface area contributed by atoms with Crippen LogP contribution in [0.15, 0.2) is 60.7 Å². The number of aliphatic carboxylic acids is 1. The number of carbonyl (C=O) groups is 2. The second-order valence-electron chi connectivity index (χ2n) is 6.86. The molecule has 0 unspecified atom stereocenters. The van der Waals surface area contributed by atoms with Crippen LogP contribution in [0.1, 0.15) is 25.0 Å². The Hall–Kier alpha value is -2.86. The first-order valence-corrected chi connectivity index (χ1v) is 9.43. The van der Waals surface area contributed by atoms with Crippen LogP contribution in [0.2, 0.25) is 0 Å². The molecule has 0 bridgehead atoms. The lowest BCUT2D eigenvalue weighted by Gasteiger charge is -2.28. The molecule has 0 saturated carbocycles. The fourth-order valence-electron chi connectivity index (χ4n) is 2.80. The van der Waals surface area contributed by atoms with Crippen LogP contribution in [0.25, 0.3) is 0 Å². The molecule has 6 heteroatoms. The molecular weight excluding hydrogens is 356 g/mol. The van der Waals surface area contributed by atoms with Gasteiger partial charge in [0.25, 0.3) is 0 Å². The maximum atomic E-state index is 12.6. The van der Waals surface area contributed by atoms with Crippen molar-refractivity contribution < 1.29 is 19.4 Å². The number of hydrogen-bond acceptors (Lipinski definition) is 3. The lowest BCUT2D eigenvalue weighted by Crippen LogP contribution is -2.51. The van der Waals surface area contributed by atoms with Crippen molar-refractivity contribution in [2.75, 3.05) is 13.2 Å². The monoisotopic (exact) mass is 384 g/mol. The quantitative estimate of drug-likeness (QED) is 0.616. The zero-order valence-corrected chi connectivity index (χ0v) is 16.4. The van der Waals surface area contributed by atoms with E-state index in [1.165, 1.54) is 0 Å². The molecule has 0 aliphatic carbocycles. The molecule has 0 radical (unpaired) electrons. The number of hydrogen-bond donors (Lipinski definition) is 2. The number of benzene rings is 2. The van der Waals surface area contributed by atoms with Crippen molar-refractivity contribution in [2.24, 2.45) is 0 Å². The molecular formula is C22H28N2O4. The van der Waals surface area contributed by atoms with Crippen molar-refractivity contribution in [3.05, 3.63) is 71.8 Å². The van der Waals surface area contributed by atoms with E-state index in [1.807, 2.05) is 74.5 Å². The van der Waals surface area contributed by atoms with E-state index in [-0.39, 0.29) is 12.5 Å². The summed E-state index contributed by atoms with van der Waals surface area (Å²) >= 11 is 0. The maximum absolute atomic E-state index is 12.6. The highest BCUT2D eigenvalue weighted by atomic mass is 16.5. The second-order valence-corrected chi connectivity index (χ2v) is 6.86. The van der Waals surface area contributed by atoms with Gasteiger partial charge < -0.3 is 20.1 Å².